The maximum atomic E-state index is 10.3. The van der Waals surface area contributed by atoms with Crippen LogP contribution in [-0.4, -0.2) is 38.2 Å². The second-order valence-corrected chi connectivity index (χ2v) is 9.38. The molecule has 0 amide bonds. The van der Waals surface area contributed by atoms with Gasteiger partial charge in [-0.15, -0.1) is 0 Å². The molecule has 0 aliphatic heterocycles. The van der Waals surface area contributed by atoms with Crippen LogP contribution in [0.15, 0.2) is 54.6 Å². The fourth-order valence-electron chi connectivity index (χ4n) is 3.84. The number of benzene rings is 3. The molecular formula is C21H22AsO2. The number of fused-ring (bicyclic) bond motifs is 3. The number of hydrogen-bond acceptors (Lipinski definition) is 2. The molecule has 0 heterocycles. The number of hydrogen-bond donors (Lipinski definition) is 2. The molecule has 0 bridgehead atoms. The van der Waals surface area contributed by atoms with Gasteiger partial charge in [-0.2, -0.15) is 0 Å². The third-order valence-corrected chi connectivity index (χ3v) is 8.54. The number of rotatable bonds is 3. The Kier molecular flexibility index (Phi) is 4.63. The summed E-state index contributed by atoms with van der Waals surface area (Å²) >= 11 is -0.121. The first-order valence-electron chi connectivity index (χ1n) is 8.66. The molecule has 2 atom stereocenters. The van der Waals surface area contributed by atoms with Crippen molar-refractivity contribution in [1.82, 2.24) is 0 Å². The molecular weight excluding hydrogens is 359 g/mol. The first-order chi connectivity index (χ1) is 11.7. The molecule has 4 rings (SSSR count). The summed E-state index contributed by atoms with van der Waals surface area (Å²) in [5.74, 6) is 0. The molecule has 0 spiro atoms. The Hall–Kier alpha value is -1.34. The molecule has 1 aliphatic carbocycles. The third kappa shape index (κ3) is 2.99. The van der Waals surface area contributed by atoms with Crippen LogP contribution >= 0.6 is 0 Å². The molecule has 1 aliphatic rings. The van der Waals surface area contributed by atoms with E-state index < -0.39 is 0 Å². The van der Waals surface area contributed by atoms with Crippen LogP contribution in [0.1, 0.15) is 24.8 Å². The Morgan fingerprint density at radius 1 is 0.833 bits per heavy atom. The number of aliphatic hydroxyl groups is 2. The van der Waals surface area contributed by atoms with Crippen LogP contribution in [0.4, 0.5) is 0 Å². The summed E-state index contributed by atoms with van der Waals surface area (Å²) in [5, 5.41) is 26.7. The van der Waals surface area contributed by atoms with E-state index in [-0.39, 0.29) is 32.7 Å². The van der Waals surface area contributed by atoms with Gasteiger partial charge in [-0.3, -0.25) is 0 Å². The maximum absolute atomic E-state index is 10.3. The van der Waals surface area contributed by atoms with Crippen molar-refractivity contribution in [3.63, 3.8) is 0 Å². The summed E-state index contributed by atoms with van der Waals surface area (Å²) < 4.78 is 0.0974. The second kappa shape index (κ2) is 6.88. The molecule has 3 aromatic rings. The Morgan fingerprint density at radius 3 is 2.21 bits per heavy atom. The van der Waals surface area contributed by atoms with E-state index in [2.05, 4.69) is 54.6 Å². The van der Waals surface area contributed by atoms with Crippen molar-refractivity contribution in [3.05, 3.63) is 60.2 Å². The Morgan fingerprint density at radius 2 is 1.46 bits per heavy atom. The van der Waals surface area contributed by atoms with Gasteiger partial charge in [-0.1, -0.05) is 0 Å². The van der Waals surface area contributed by atoms with Gasteiger partial charge in [0.05, 0.1) is 0 Å². The summed E-state index contributed by atoms with van der Waals surface area (Å²) in [6.07, 6.45) is 1.99. The molecule has 2 N–H and O–H groups in total. The summed E-state index contributed by atoms with van der Waals surface area (Å²) in [4.78, 5) is 0. The van der Waals surface area contributed by atoms with Crippen LogP contribution in [0.2, 0.25) is 4.71 Å². The van der Waals surface area contributed by atoms with Crippen LogP contribution in [0.25, 0.3) is 21.5 Å². The average molecular weight is 381 g/mol. The standard InChI is InChI=1S/C21H22AsO2/c23-19-10-5-11-20(24)21(19)22-13-15-12-14-6-1-2-7-16(14)18-9-4-3-8-17(15)18/h1-4,6-9,12,19-21,23-24H,5,10-11,13H2. The molecule has 2 nitrogen and oxygen atoms in total. The van der Waals surface area contributed by atoms with Gasteiger partial charge < -0.3 is 0 Å². The van der Waals surface area contributed by atoms with Gasteiger partial charge in [0.1, 0.15) is 0 Å². The monoisotopic (exact) mass is 381 g/mol. The van der Waals surface area contributed by atoms with Crippen molar-refractivity contribution < 1.29 is 10.2 Å². The van der Waals surface area contributed by atoms with Crippen molar-refractivity contribution >= 4 is 37.3 Å². The Bertz CT molecular complexity index is 851. The Balaban J connectivity index is 1.70. The zero-order valence-corrected chi connectivity index (χ0v) is 15.5. The molecule has 123 valence electrons. The summed E-state index contributed by atoms with van der Waals surface area (Å²) in [6.45, 7) is 0. The second-order valence-electron chi connectivity index (χ2n) is 6.70. The first kappa shape index (κ1) is 16.1. The molecule has 3 aromatic carbocycles. The molecule has 3 heteroatoms. The van der Waals surface area contributed by atoms with E-state index in [9.17, 15) is 10.2 Å². The SMILES string of the molecule is OC1CCCC(O)C1[As]Cc1cc2ccccc2c2ccccc12. The van der Waals surface area contributed by atoms with Gasteiger partial charge in [0.25, 0.3) is 0 Å². The summed E-state index contributed by atoms with van der Waals surface area (Å²) in [7, 11) is 0. The van der Waals surface area contributed by atoms with Gasteiger partial charge in [-0.25, -0.2) is 0 Å². The van der Waals surface area contributed by atoms with Crippen molar-refractivity contribution in [1.29, 1.82) is 0 Å². The van der Waals surface area contributed by atoms with Gasteiger partial charge in [0.2, 0.25) is 0 Å². The van der Waals surface area contributed by atoms with Gasteiger partial charge >= 0.3 is 149 Å². The van der Waals surface area contributed by atoms with Crippen LogP contribution in [0.3, 0.4) is 0 Å². The van der Waals surface area contributed by atoms with E-state index in [1.807, 2.05) is 0 Å². The molecule has 1 saturated carbocycles. The van der Waals surface area contributed by atoms with E-state index in [0.717, 1.165) is 24.5 Å². The average Bonchev–Trinajstić information content (AvgIpc) is 2.61. The molecule has 24 heavy (non-hydrogen) atoms. The zero-order chi connectivity index (χ0) is 16.5. The molecule has 1 fully saturated rings. The number of aliphatic hydroxyl groups excluding tert-OH is 2. The van der Waals surface area contributed by atoms with Gasteiger partial charge in [-0.05, 0) is 0 Å². The van der Waals surface area contributed by atoms with Gasteiger partial charge in [0.15, 0.2) is 0 Å². The fourth-order valence-corrected chi connectivity index (χ4v) is 6.89. The predicted octanol–water partition coefficient (Wildman–Crippen LogP) is 3.89. The molecule has 2 unspecified atom stereocenters. The van der Waals surface area contributed by atoms with Crippen molar-refractivity contribution in [2.45, 2.75) is 41.4 Å². The van der Waals surface area contributed by atoms with Crippen LogP contribution in [0, 0.1) is 0 Å². The molecule has 0 aromatic heterocycles. The van der Waals surface area contributed by atoms with E-state index in [4.69, 9.17) is 0 Å². The van der Waals surface area contributed by atoms with Crippen LogP contribution in [-0.2, 0) is 5.21 Å². The first-order valence-corrected chi connectivity index (χ1v) is 11.1. The van der Waals surface area contributed by atoms with Crippen LogP contribution < -0.4 is 0 Å². The molecule has 0 saturated heterocycles. The zero-order valence-electron chi connectivity index (χ0n) is 13.6. The van der Waals surface area contributed by atoms with Crippen molar-refractivity contribution in [2.24, 2.45) is 0 Å². The van der Waals surface area contributed by atoms with E-state index in [1.165, 1.54) is 27.1 Å². The fraction of sp³-hybridized carbons (Fsp3) is 0.333. The predicted molar refractivity (Wildman–Crippen MR) is 101 cm³/mol. The Labute approximate surface area is 149 Å². The third-order valence-electron chi connectivity index (χ3n) is 5.11. The topological polar surface area (TPSA) is 40.5 Å². The van der Waals surface area contributed by atoms with Crippen molar-refractivity contribution in [3.8, 4) is 0 Å². The van der Waals surface area contributed by atoms with E-state index in [1.54, 1.807) is 0 Å². The van der Waals surface area contributed by atoms with Crippen molar-refractivity contribution in [2.75, 3.05) is 0 Å². The normalized spacial score (nSPS) is 25.0. The van der Waals surface area contributed by atoms with Gasteiger partial charge in [0, 0.05) is 0 Å². The molecule has 1 radical (unpaired) electrons. The minimum absolute atomic E-state index is 0.0974. The van der Waals surface area contributed by atoms with E-state index in [0.29, 0.717) is 0 Å². The summed E-state index contributed by atoms with van der Waals surface area (Å²) in [6, 6.07) is 19.4. The quantitative estimate of drug-likeness (QED) is 0.534. The van der Waals surface area contributed by atoms with Crippen LogP contribution in [0.5, 0.6) is 0 Å². The summed E-state index contributed by atoms with van der Waals surface area (Å²) in [5.41, 5.74) is 1.36. The minimum atomic E-state index is -0.319. The van der Waals surface area contributed by atoms with E-state index >= 15 is 0 Å².